The van der Waals surface area contributed by atoms with E-state index in [1.807, 2.05) is 7.11 Å². The Balaban J connectivity index is 1.52. The molecule has 0 aromatic carbocycles. The monoisotopic (exact) mass is 155 g/mol. The average Bonchev–Trinajstić information content (AvgIpc) is 2.68. The third-order valence-corrected chi connectivity index (χ3v) is 2.82. The van der Waals surface area contributed by atoms with Crippen LogP contribution in [0.4, 0.5) is 0 Å². The molecule has 2 rings (SSSR count). The first-order valence-electron chi connectivity index (χ1n) is 4.64. The van der Waals surface area contributed by atoms with Crippen molar-refractivity contribution >= 4 is 0 Å². The summed E-state index contributed by atoms with van der Waals surface area (Å²) in [7, 11) is 1.81. The van der Waals surface area contributed by atoms with Gasteiger partial charge in [-0.05, 0) is 38.1 Å². The van der Waals surface area contributed by atoms with Crippen LogP contribution in [0, 0.1) is 5.92 Å². The molecule has 64 valence electrons. The molecule has 2 fully saturated rings. The van der Waals surface area contributed by atoms with Gasteiger partial charge in [-0.15, -0.1) is 0 Å². The van der Waals surface area contributed by atoms with Gasteiger partial charge in [0.1, 0.15) is 0 Å². The Bertz CT molecular complexity index is 128. The third-order valence-electron chi connectivity index (χ3n) is 2.82. The molecule has 0 amide bonds. The van der Waals surface area contributed by atoms with Crippen LogP contribution in [0.3, 0.4) is 0 Å². The van der Waals surface area contributed by atoms with Crippen LogP contribution in [0.1, 0.15) is 25.7 Å². The standard InChI is InChI=1S/C9H17NO/c1-11-9-4-8(5-9)10-6-7-2-3-7/h7-10H,2-6H2,1H3. The molecule has 2 heteroatoms. The van der Waals surface area contributed by atoms with Crippen LogP contribution < -0.4 is 5.32 Å². The Kier molecular flexibility index (Phi) is 2.14. The van der Waals surface area contributed by atoms with Gasteiger partial charge in [-0.1, -0.05) is 0 Å². The van der Waals surface area contributed by atoms with Crippen molar-refractivity contribution in [2.45, 2.75) is 37.8 Å². The Morgan fingerprint density at radius 3 is 2.64 bits per heavy atom. The topological polar surface area (TPSA) is 21.3 Å². The summed E-state index contributed by atoms with van der Waals surface area (Å²) in [6.45, 7) is 1.25. The summed E-state index contributed by atoms with van der Waals surface area (Å²) in [6.07, 6.45) is 5.90. The van der Waals surface area contributed by atoms with Gasteiger partial charge in [-0.25, -0.2) is 0 Å². The van der Waals surface area contributed by atoms with Crippen LogP contribution in [-0.4, -0.2) is 25.8 Å². The van der Waals surface area contributed by atoms with E-state index in [9.17, 15) is 0 Å². The van der Waals surface area contributed by atoms with E-state index in [0.717, 1.165) is 12.0 Å². The molecule has 0 heterocycles. The van der Waals surface area contributed by atoms with Gasteiger partial charge in [0.25, 0.3) is 0 Å². The third kappa shape index (κ3) is 1.94. The van der Waals surface area contributed by atoms with Gasteiger partial charge in [0.05, 0.1) is 6.10 Å². The minimum Gasteiger partial charge on any atom is -0.381 e. The first kappa shape index (κ1) is 7.56. The van der Waals surface area contributed by atoms with Crippen molar-refractivity contribution in [3.05, 3.63) is 0 Å². The van der Waals surface area contributed by atoms with Crippen molar-refractivity contribution in [3.63, 3.8) is 0 Å². The van der Waals surface area contributed by atoms with Gasteiger partial charge >= 0.3 is 0 Å². The van der Waals surface area contributed by atoms with Gasteiger partial charge in [0.2, 0.25) is 0 Å². The number of hydrogen-bond donors (Lipinski definition) is 1. The molecule has 0 aromatic heterocycles. The van der Waals surface area contributed by atoms with Gasteiger partial charge in [-0.2, -0.15) is 0 Å². The second-order valence-corrected chi connectivity index (χ2v) is 3.88. The van der Waals surface area contributed by atoms with E-state index in [-0.39, 0.29) is 0 Å². The van der Waals surface area contributed by atoms with Gasteiger partial charge < -0.3 is 10.1 Å². The maximum absolute atomic E-state index is 5.20. The lowest BCUT2D eigenvalue weighted by Crippen LogP contribution is -2.45. The van der Waals surface area contributed by atoms with E-state index in [1.54, 1.807) is 0 Å². The fourth-order valence-corrected chi connectivity index (χ4v) is 1.58. The highest BCUT2D eigenvalue weighted by Gasteiger charge is 2.30. The molecule has 0 spiro atoms. The van der Waals surface area contributed by atoms with E-state index in [4.69, 9.17) is 4.74 Å². The number of nitrogens with one attached hydrogen (secondary N) is 1. The molecule has 2 nitrogen and oxygen atoms in total. The fourth-order valence-electron chi connectivity index (χ4n) is 1.58. The molecule has 2 aliphatic rings. The highest BCUT2D eigenvalue weighted by Crippen LogP contribution is 2.29. The van der Waals surface area contributed by atoms with E-state index in [1.165, 1.54) is 32.2 Å². The largest absolute Gasteiger partial charge is 0.381 e. The molecule has 1 N–H and O–H groups in total. The number of hydrogen-bond acceptors (Lipinski definition) is 2. The zero-order valence-corrected chi connectivity index (χ0v) is 7.18. The summed E-state index contributed by atoms with van der Waals surface area (Å²) >= 11 is 0. The Morgan fingerprint density at radius 1 is 1.36 bits per heavy atom. The summed E-state index contributed by atoms with van der Waals surface area (Å²) in [5, 5.41) is 3.57. The molecule has 0 aliphatic heterocycles. The minimum absolute atomic E-state index is 0.548. The maximum atomic E-state index is 5.20. The molecule has 0 bridgehead atoms. The van der Waals surface area contributed by atoms with E-state index >= 15 is 0 Å². The molecular formula is C9H17NO. The lowest BCUT2D eigenvalue weighted by Gasteiger charge is -2.34. The van der Waals surface area contributed by atoms with E-state index in [2.05, 4.69) is 5.32 Å². The Labute approximate surface area is 68.3 Å². The van der Waals surface area contributed by atoms with E-state index in [0.29, 0.717) is 6.10 Å². The first-order valence-corrected chi connectivity index (χ1v) is 4.64. The summed E-state index contributed by atoms with van der Waals surface area (Å²) in [5.41, 5.74) is 0. The van der Waals surface area contributed by atoms with Crippen molar-refractivity contribution in [2.24, 2.45) is 5.92 Å². The summed E-state index contributed by atoms with van der Waals surface area (Å²) in [4.78, 5) is 0. The SMILES string of the molecule is COC1CC(NCC2CC2)C1. The molecule has 11 heavy (non-hydrogen) atoms. The molecule has 0 unspecified atom stereocenters. The van der Waals surface area contributed by atoms with Gasteiger partial charge in [0, 0.05) is 13.2 Å². The van der Waals surface area contributed by atoms with Crippen molar-refractivity contribution < 1.29 is 4.74 Å². The van der Waals surface area contributed by atoms with Gasteiger partial charge in [0.15, 0.2) is 0 Å². The molecule has 0 aromatic rings. The summed E-state index contributed by atoms with van der Waals surface area (Å²) < 4.78 is 5.20. The quantitative estimate of drug-likeness (QED) is 0.658. The highest BCUT2D eigenvalue weighted by molar-refractivity contribution is 4.87. The predicted molar refractivity (Wildman–Crippen MR) is 44.5 cm³/mol. The predicted octanol–water partition coefficient (Wildman–Crippen LogP) is 1.16. The number of ether oxygens (including phenoxy) is 1. The second kappa shape index (κ2) is 3.11. The normalized spacial score (nSPS) is 36.8. The van der Waals surface area contributed by atoms with Crippen molar-refractivity contribution in [1.82, 2.24) is 5.32 Å². The van der Waals surface area contributed by atoms with E-state index < -0.39 is 0 Å². The number of rotatable bonds is 4. The van der Waals surface area contributed by atoms with Crippen LogP contribution >= 0.6 is 0 Å². The zero-order valence-electron chi connectivity index (χ0n) is 7.18. The molecule has 0 radical (unpaired) electrons. The van der Waals surface area contributed by atoms with Crippen molar-refractivity contribution in [2.75, 3.05) is 13.7 Å². The highest BCUT2D eigenvalue weighted by atomic mass is 16.5. The maximum Gasteiger partial charge on any atom is 0.0601 e. The molecule has 0 atom stereocenters. The fraction of sp³-hybridized carbons (Fsp3) is 1.00. The van der Waals surface area contributed by atoms with Crippen LogP contribution in [0.25, 0.3) is 0 Å². The average molecular weight is 155 g/mol. The van der Waals surface area contributed by atoms with Crippen LogP contribution in [0.15, 0.2) is 0 Å². The molecular weight excluding hydrogens is 138 g/mol. The van der Waals surface area contributed by atoms with Crippen LogP contribution in [-0.2, 0) is 4.74 Å². The van der Waals surface area contributed by atoms with Crippen molar-refractivity contribution in [1.29, 1.82) is 0 Å². The number of methoxy groups -OCH3 is 1. The Hall–Kier alpha value is -0.0800. The van der Waals surface area contributed by atoms with Crippen molar-refractivity contribution in [3.8, 4) is 0 Å². The first-order chi connectivity index (χ1) is 5.38. The zero-order chi connectivity index (χ0) is 7.68. The smallest absolute Gasteiger partial charge is 0.0601 e. The molecule has 2 saturated carbocycles. The lowest BCUT2D eigenvalue weighted by molar-refractivity contribution is 0.0173. The summed E-state index contributed by atoms with van der Waals surface area (Å²) in [6, 6.07) is 0.764. The van der Waals surface area contributed by atoms with Crippen LogP contribution in [0.2, 0.25) is 0 Å². The Morgan fingerprint density at radius 2 is 2.09 bits per heavy atom. The second-order valence-electron chi connectivity index (χ2n) is 3.88. The summed E-state index contributed by atoms with van der Waals surface area (Å²) in [5.74, 6) is 1.01. The minimum atomic E-state index is 0.548. The molecule has 2 aliphatic carbocycles. The van der Waals surface area contributed by atoms with Gasteiger partial charge in [-0.3, -0.25) is 0 Å². The molecule has 0 saturated heterocycles. The van der Waals surface area contributed by atoms with Crippen LogP contribution in [0.5, 0.6) is 0 Å². The lowest BCUT2D eigenvalue weighted by atomic mass is 9.89.